The van der Waals surface area contributed by atoms with Crippen LogP contribution in [0.25, 0.3) is 0 Å². The number of hydrogen-bond donors (Lipinski definition) is 1. The fourth-order valence-corrected chi connectivity index (χ4v) is 1.79. The molecule has 0 saturated carbocycles. The molecule has 3 heteroatoms. The summed E-state index contributed by atoms with van der Waals surface area (Å²) < 4.78 is 11.3. The Balaban J connectivity index is 2.79. The molecular formula is C15H25NO2. The van der Waals surface area contributed by atoms with Crippen molar-refractivity contribution < 1.29 is 9.47 Å². The van der Waals surface area contributed by atoms with Crippen molar-refractivity contribution in [1.29, 1.82) is 0 Å². The third-order valence-electron chi connectivity index (χ3n) is 2.72. The zero-order chi connectivity index (χ0) is 13.4. The Hall–Kier alpha value is -1.06. The van der Waals surface area contributed by atoms with Crippen molar-refractivity contribution in [3.8, 4) is 5.75 Å². The van der Waals surface area contributed by atoms with Crippen LogP contribution in [0.15, 0.2) is 24.3 Å². The van der Waals surface area contributed by atoms with Gasteiger partial charge in [0.2, 0.25) is 0 Å². The topological polar surface area (TPSA) is 30.5 Å². The smallest absolute Gasteiger partial charge is 0.124 e. The van der Waals surface area contributed by atoms with Crippen molar-refractivity contribution in [2.75, 3.05) is 20.3 Å². The first-order chi connectivity index (χ1) is 8.69. The molecule has 0 aromatic heterocycles. The molecule has 1 unspecified atom stereocenters. The number of para-hydroxylation sites is 1. The van der Waals surface area contributed by atoms with Gasteiger partial charge in [0.25, 0.3) is 0 Å². The molecule has 0 saturated heterocycles. The molecular weight excluding hydrogens is 226 g/mol. The first-order valence-corrected chi connectivity index (χ1v) is 6.67. The number of hydrogen-bond acceptors (Lipinski definition) is 3. The highest BCUT2D eigenvalue weighted by atomic mass is 16.5. The fourth-order valence-electron chi connectivity index (χ4n) is 1.79. The molecule has 1 aromatic carbocycles. The van der Waals surface area contributed by atoms with Gasteiger partial charge >= 0.3 is 0 Å². The molecule has 1 rings (SSSR count). The molecule has 102 valence electrons. The lowest BCUT2D eigenvalue weighted by atomic mass is 10.1. The molecule has 0 radical (unpaired) electrons. The minimum Gasteiger partial charge on any atom is -0.496 e. The Morgan fingerprint density at radius 3 is 2.56 bits per heavy atom. The standard InChI is InChI=1S/C15H25NO2/c1-5-10-18-15(11-16-12(2)3)13-8-6-7-9-14(13)17-4/h6-9,12,15-16H,5,10-11H2,1-4H3. The lowest BCUT2D eigenvalue weighted by Crippen LogP contribution is -2.29. The van der Waals surface area contributed by atoms with Gasteiger partial charge in [0.15, 0.2) is 0 Å². The molecule has 3 nitrogen and oxygen atoms in total. The van der Waals surface area contributed by atoms with E-state index in [2.05, 4.69) is 32.2 Å². The van der Waals surface area contributed by atoms with Crippen LogP contribution in [0.1, 0.15) is 38.9 Å². The predicted molar refractivity (Wildman–Crippen MR) is 75.1 cm³/mol. The number of benzene rings is 1. The lowest BCUT2D eigenvalue weighted by Gasteiger charge is -2.22. The largest absolute Gasteiger partial charge is 0.496 e. The maximum absolute atomic E-state index is 5.93. The van der Waals surface area contributed by atoms with Gasteiger partial charge in [-0.25, -0.2) is 0 Å². The van der Waals surface area contributed by atoms with Crippen LogP contribution in [-0.4, -0.2) is 26.3 Å². The fraction of sp³-hybridized carbons (Fsp3) is 0.600. The predicted octanol–water partition coefficient (Wildman–Crippen LogP) is 3.16. The van der Waals surface area contributed by atoms with Crippen molar-refractivity contribution in [2.45, 2.75) is 39.3 Å². The first-order valence-electron chi connectivity index (χ1n) is 6.67. The van der Waals surface area contributed by atoms with E-state index in [1.165, 1.54) is 0 Å². The summed E-state index contributed by atoms with van der Waals surface area (Å²) in [5, 5.41) is 3.42. The molecule has 0 aliphatic carbocycles. The third kappa shape index (κ3) is 4.67. The van der Waals surface area contributed by atoms with Crippen LogP contribution in [0.4, 0.5) is 0 Å². The molecule has 0 bridgehead atoms. The summed E-state index contributed by atoms with van der Waals surface area (Å²) >= 11 is 0. The molecule has 0 fully saturated rings. The molecule has 0 spiro atoms. The van der Waals surface area contributed by atoms with Crippen LogP contribution < -0.4 is 10.1 Å². The maximum atomic E-state index is 5.93. The van der Waals surface area contributed by atoms with Gasteiger partial charge < -0.3 is 14.8 Å². The summed E-state index contributed by atoms with van der Waals surface area (Å²) in [7, 11) is 1.70. The van der Waals surface area contributed by atoms with Gasteiger partial charge in [-0.3, -0.25) is 0 Å². The second-order valence-electron chi connectivity index (χ2n) is 4.66. The van der Waals surface area contributed by atoms with Crippen molar-refractivity contribution in [3.05, 3.63) is 29.8 Å². The second-order valence-corrected chi connectivity index (χ2v) is 4.66. The van der Waals surface area contributed by atoms with Crippen molar-refractivity contribution in [2.24, 2.45) is 0 Å². The van der Waals surface area contributed by atoms with E-state index >= 15 is 0 Å². The van der Waals surface area contributed by atoms with Gasteiger partial charge in [-0.05, 0) is 12.5 Å². The average Bonchev–Trinajstić information content (AvgIpc) is 2.38. The summed E-state index contributed by atoms with van der Waals surface area (Å²) in [5.74, 6) is 0.893. The van der Waals surface area contributed by atoms with Crippen LogP contribution in [0, 0.1) is 0 Å². The minimum absolute atomic E-state index is 0.0449. The van der Waals surface area contributed by atoms with E-state index < -0.39 is 0 Å². The average molecular weight is 251 g/mol. The summed E-state index contributed by atoms with van der Waals surface area (Å²) in [6.07, 6.45) is 1.07. The number of methoxy groups -OCH3 is 1. The number of rotatable bonds is 8. The van der Waals surface area contributed by atoms with E-state index in [-0.39, 0.29) is 6.10 Å². The van der Waals surface area contributed by atoms with Crippen molar-refractivity contribution >= 4 is 0 Å². The monoisotopic (exact) mass is 251 g/mol. The second kappa shape index (κ2) is 8.11. The highest BCUT2D eigenvalue weighted by Crippen LogP contribution is 2.27. The van der Waals surface area contributed by atoms with Gasteiger partial charge in [0.1, 0.15) is 5.75 Å². The highest BCUT2D eigenvalue weighted by Gasteiger charge is 2.16. The van der Waals surface area contributed by atoms with Gasteiger partial charge in [-0.1, -0.05) is 39.0 Å². The summed E-state index contributed by atoms with van der Waals surface area (Å²) in [6.45, 7) is 7.97. The highest BCUT2D eigenvalue weighted by molar-refractivity contribution is 5.35. The molecule has 18 heavy (non-hydrogen) atoms. The van der Waals surface area contributed by atoms with Crippen LogP contribution in [-0.2, 0) is 4.74 Å². The molecule has 0 amide bonds. The van der Waals surface area contributed by atoms with Crippen LogP contribution in [0.3, 0.4) is 0 Å². The molecule has 1 aromatic rings. The SMILES string of the molecule is CCCOC(CNC(C)C)c1ccccc1OC. The van der Waals surface area contributed by atoms with Crippen LogP contribution in [0.2, 0.25) is 0 Å². The van der Waals surface area contributed by atoms with Crippen LogP contribution in [0.5, 0.6) is 5.75 Å². The van der Waals surface area contributed by atoms with Gasteiger partial charge in [0.05, 0.1) is 13.2 Å². The quantitative estimate of drug-likeness (QED) is 0.770. The third-order valence-corrected chi connectivity index (χ3v) is 2.72. The van der Waals surface area contributed by atoms with Crippen LogP contribution >= 0.6 is 0 Å². The Morgan fingerprint density at radius 2 is 1.94 bits per heavy atom. The van der Waals surface area contributed by atoms with Gasteiger partial charge in [-0.15, -0.1) is 0 Å². The van der Waals surface area contributed by atoms with E-state index in [0.29, 0.717) is 6.04 Å². The molecule has 0 aliphatic heterocycles. The van der Waals surface area contributed by atoms with Gasteiger partial charge in [-0.2, -0.15) is 0 Å². The summed E-state index contributed by atoms with van der Waals surface area (Å²) in [6, 6.07) is 8.51. The minimum atomic E-state index is 0.0449. The molecule has 0 aliphatic rings. The Bertz CT molecular complexity index is 339. The maximum Gasteiger partial charge on any atom is 0.124 e. The van der Waals surface area contributed by atoms with E-state index in [1.807, 2.05) is 18.2 Å². The lowest BCUT2D eigenvalue weighted by molar-refractivity contribution is 0.0501. The molecule has 1 atom stereocenters. The normalized spacial score (nSPS) is 12.7. The van der Waals surface area contributed by atoms with E-state index in [0.717, 1.165) is 30.9 Å². The Labute approximate surface area is 110 Å². The molecule has 0 heterocycles. The summed E-state index contributed by atoms with van der Waals surface area (Å²) in [4.78, 5) is 0. The Kier molecular flexibility index (Phi) is 6.76. The van der Waals surface area contributed by atoms with E-state index in [1.54, 1.807) is 7.11 Å². The van der Waals surface area contributed by atoms with Crippen molar-refractivity contribution in [3.63, 3.8) is 0 Å². The number of ether oxygens (including phenoxy) is 2. The van der Waals surface area contributed by atoms with E-state index in [4.69, 9.17) is 9.47 Å². The zero-order valence-electron chi connectivity index (χ0n) is 11.9. The van der Waals surface area contributed by atoms with E-state index in [9.17, 15) is 0 Å². The first kappa shape index (κ1) is 15.0. The molecule has 1 N–H and O–H groups in total. The number of nitrogens with one attached hydrogen (secondary N) is 1. The van der Waals surface area contributed by atoms with Gasteiger partial charge in [0, 0.05) is 24.8 Å². The zero-order valence-corrected chi connectivity index (χ0v) is 11.9. The van der Waals surface area contributed by atoms with Crippen molar-refractivity contribution in [1.82, 2.24) is 5.32 Å². The Morgan fingerprint density at radius 1 is 1.22 bits per heavy atom. The summed E-state index contributed by atoms with van der Waals surface area (Å²) in [5.41, 5.74) is 1.11.